The molecule has 2 nitrogen and oxygen atoms in total. The zero-order chi connectivity index (χ0) is 13.9. The largest absolute Gasteiger partial charge is 0.494 e. The third-order valence-electron chi connectivity index (χ3n) is 4.69. The van der Waals surface area contributed by atoms with E-state index in [4.69, 9.17) is 4.74 Å². The van der Waals surface area contributed by atoms with Crippen LogP contribution < -0.4 is 4.74 Å². The number of methoxy groups -OCH3 is 1. The first-order chi connectivity index (χ1) is 9.13. The fourth-order valence-electron chi connectivity index (χ4n) is 3.30. The lowest BCUT2D eigenvalue weighted by Gasteiger charge is -2.33. The van der Waals surface area contributed by atoms with E-state index in [1.54, 1.807) is 18.2 Å². The molecule has 1 N–H and O–H groups in total. The Labute approximate surface area is 114 Å². The van der Waals surface area contributed by atoms with Gasteiger partial charge in [0.05, 0.1) is 13.2 Å². The molecule has 1 aliphatic carbocycles. The van der Waals surface area contributed by atoms with Gasteiger partial charge in [0.25, 0.3) is 0 Å². The summed E-state index contributed by atoms with van der Waals surface area (Å²) in [5, 5.41) is 10.5. The molecule has 0 spiro atoms. The van der Waals surface area contributed by atoms with Crippen LogP contribution >= 0.6 is 0 Å². The molecule has 1 fully saturated rings. The summed E-state index contributed by atoms with van der Waals surface area (Å²) in [5.74, 6) is -0.0880. The summed E-state index contributed by atoms with van der Waals surface area (Å²) in [4.78, 5) is 0. The molecule has 0 aromatic heterocycles. The minimum Gasteiger partial charge on any atom is -0.494 e. The Bertz CT molecular complexity index is 425. The lowest BCUT2D eigenvalue weighted by Crippen LogP contribution is -2.34. The average molecular weight is 266 g/mol. The maximum absolute atomic E-state index is 14.1. The molecule has 106 valence electrons. The van der Waals surface area contributed by atoms with Crippen LogP contribution in [-0.2, 0) is 6.42 Å². The van der Waals surface area contributed by atoms with Gasteiger partial charge in [0, 0.05) is 6.42 Å². The monoisotopic (exact) mass is 266 g/mol. The van der Waals surface area contributed by atoms with E-state index < -0.39 is 6.10 Å². The molecule has 1 aromatic carbocycles. The zero-order valence-electron chi connectivity index (χ0n) is 11.8. The molecule has 3 heteroatoms. The van der Waals surface area contributed by atoms with E-state index in [0.29, 0.717) is 12.0 Å². The highest BCUT2D eigenvalue weighted by atomic mass is 19.1. The Morgan fingerprint density at radius 3 is 2.63 bits per heavy atom. The Balaban J connectivity index is 2.16. The van der Waals surface area contributed by atoms with Gasteiger partial charge in [-0.05, 0) is 36.3 Å². The first-order valence-corrected chi connectivity index (χ1v) is 7.12. The lowest BCUT2D eigenvalue weighted by atomic mass is 9.76. The van der Waals surface area contributed by atoms with E-state index in [9.17, 15) is 9.50 Å². The maximum atomic E-state index is 14.1. The van der Waals surface area contributed by atoms with Crippen molar-refractivity contribution < 1.29 is 14.2 Å². The molecule has 0 heterocycles. The molecule has 0 aliphatic heterocycles. The molecule has 1 atom stereocenters. The third-order valence-corrected chi connectivity index (χ3v) is 4.69. The van der Waals surface area contributed by atoms with Gasteiger partial charge in [-0.2, -0.15) is 0 Å². The van der Waals surface area contributed by atoms with Crippen LogP contribution in [0, 0.1) is 11.2 Å². The van der Waals surface area contributed by atoms with Gasteiger partial charge in [-0.3, -0.25) is 0 Å². The van der Waals surface area contributed by atoms with Gasteiger partial charge in [0.1, 0.15) is 0 Å². The number of ether oxygens (including phenoxy) is 1. The minimum atomic E-state index is -0.471. The van der Waals surface area contributed by atoms with E-state index in [-0.39, 0.29) is 17.0 Å². The van der Waals surface area contributed by atoms with Crippen LogP contribution in [0.4, 0.5) is 4.39 Å². The van der Waals surface area contributed by atoms with Crippen LogP contribution in [0.25, 0.3) is 0 Å². The zero-order valence-corrected chi connectivity index (χ0v) is 11.8. The number of hydrogen-bond acceptors (Lipinski definition) is 2. The van der Waals surface area contributed by atoms with Gasteiger partial charge in [0.2, 0.25) is 0 Å². The minimum absolute atomic E-state index is 0.0183. The van der Waals surface area contributed by atoms with E-state index >= 15 is 0 Å². The predicted molar refractivity (Wildman–Crippen MR) is 73.9 cm³/mol. The van der Waals surface area contributed by atoms with Crippen molar-refractivity contribution in [2.75, 3.05) is 7.11 Å². The summed E-state index contributed by atoms with van der Waals surface area (Å²) >= 11 is 0. The number of halogens is 1. The van der Waals surface area contributed by atoms with Crippen LogP contribution in [0.1, 0.15) is 44.6 Å². The Kier molecular flexibility index (Phi) is 4.46. The summed E-state index contributed by atoms with van der Waals surface area (Å²) in [6, 6.07) is 5.12. The van der Waals surface area contributed by atoms with Gasteiger partial charge in [-0.15, -0.1) is 0 Å². The van der Waals surface area contributed by atoms with Crippen molar-refractivity contribution in [1.82, 2.24) is 0 Å². The van der Waals surface area contributed by atoms with E-state index in [1.165, 1.54) is 20.0 Å². The second-order valence-electron chi connectivity index (χ2n) is 5.58. The summed E-state index contributed by atoms with van der Waals surface area (Å²) in [6.45, 7) is 2.12. The Morgan fingerprint density at radius 2 is 2.05 bits per heavy atom. The molecular formula is C16H23FO2. The number of benzene rings is 1. The van der Waals surface area contributed by atoms with E-state index in [0.717, 1.165) is 19.3 Å². The van der Waals surface area contributed by atoms with Gasteiger partial charge < -0.3 is 9.84 Å². The molecular weight excluding hydrogens is 243 g/mol. The third kappa shape index (κ3) is 2.76. The first-order valence-electron chi connectivity index (χ1n) is 7.12. The fourth-order valence-corrected chi connectivity index (χ4v) is 3.30. The lowest BCUT2D eigenvalue weighted by molar-refractivity contribution is 0.0251. The van der Waals surface area contributed by atoms with Gasteiger partial charge in [0.15, 0.2) is 11.6 Å². The molecule has 2 rings (SSSR count). The normalized spacial score (nSPS) is 19.4. The van der Waals surface area contributed by atoms with Crippen molar-refractivity contribution in [1.29, 1.82) is 0 Å². The quantitative estimate of drug-likeness (QED) is 0.880. The van der Waals surface area contributed by atoms with E-state index in [1.807, 2.05) is 0 Å². The van der Waals surface area contributed by atoms with Crippen LogP contribution in [0.2, 0.25) is 0 Å². The Hall–Kier alpha value is -1.09. The fraction of sp³-hybridized carbons (Fsp3) is 0.625. The molecule has 0 saturated heterocycles. The first kappa shape index (κ1) is 14.3. The van der Waals surface area contributed by atoms with Crippen molar-refractivity contribution in [3.05, 3.63) is 29.6 Å². The van der Waals surface area contributed by atoms with Crippen molar-refractivity contribution in [3.63, 3.8) is 0 Å². The molecule has 1 aliphatic rings. The summed E-state index contributed by atoms with van der Waals surface area (Å²) in [7, 11) is 1.46. The van der Waals surface area contributed by atoms with Crippen molar-refractivity contribution in [2.24, 2.45) is 5.41 Å². The van der Waals surface area contributed by atoms with Crippen LogP contribution in [0.15, 0.2) is 18.2 Å². The summed E-state index contributed by atoms with van der Waals surface area (Å²) in [5.41, 5.74) is 0.529. The molecule has 1 aromatic rings. The van der Waals surface area contributed by atoms with Crippen LogP contribution in [0.5, 0.6) is 5.75 Å². The molecule has 0 radical (unpaired) electrons. The average Bonchev–Trinajstić information content (AvgIpc) is 2.91. The number of hydrogen-bond donors (Lipinski definition) is 1. The summed E-state index contributed by atoms with van der Waals surface area (Å²) < 4.78 is 19.1. The highest BCUT2D eigenvalue weighted by Gasteiger charge is 2.39. The standard InChI is InChI=1S/C16H23FO2/c1-3-16(9-4-5-10-16)14(18)11-12-7-6-8-13(19-2)15(12)17/h6-8,14,18H,3-5,9-11H2,1-2H3. The molecule has 0 bridgehead atoms. The Morgan fingerprint density at radius 1 is 1.37 bits per heavy atom. The molecule has 19 heavy (non-hydrogen) atoms. The van der Waals surface area contributed by atoms with Crippen molar-refractivity contribution in [2.45, 2.75) is 51.6 Å². The van der Waals surface area contributed by atoms with Crippen LogP contribution in [0.3, 0.4) is 0 Å². The van der Waals surface area contributed by atoms with Gasteiger partial charge >= 0.3 is 0 Å². The number of aliphatic hydroxyl groups is 1. The van der Waals surface area contributed by atoms with Crippen LogP contribution in [-0.4, -0.2) is 18.3 Å². The van der Waals surface area contributed by atoms with E-state index in [2.05, 4.69) is 6.92 Å². The highest BCUT2D eigenvalue weighted by molar-refractivity contribution is 5.31. The second-order valence-corrected chi connectivity index (χ2v) is 5.58. The number of rotatable bonds is 5. The SMILES string of the molecule is CCC1(C(O)Cc2cccc(OC)c2F)CCCC1. The highest BCUT2D eigenvalue weighted by Crippen LogP contribution is 2.45. The van der Waals surface area contributed by atoms with Gasteiger partial charge in [-0.25, -0.2) is 4.39 Å². The molecule has 0 amide bonds. The smallest absolute Gasteiger partial charge is 0.168 e. The second kappa shape index (κ2) is 5.91. The number of aliphatic hydroxyl groups excluding tert-OH is 1. The molecule has 1 saturated carbocycles. The van der Waals surface area contributed by atoms with Crippen molar-refractivity contribution >= 4 is 0 Å². The van der Waals surface area contributed by atoms with Crippen molar-refractivity contribution in [3.8, 4) is 5.75 Å². The van der Waals surface area contributed by atoms with Gasteiger partial charge in [-0.1, -0.05) is 31.9 Å². The topological polar surface area (TPSA) is 29.5 Å². The molecule has 1 unspecified atom stereocenters. The summed E-state index contributed by atoms with van der Waals surface area (Å²) in [6.07, 6.45) is 5.31. The maximum Gasteiger partial charge on any atom is 0.168 e. The predicted octanol–water partition coefficient (Wildman–Crippen LogP) is 3.71.